The third-order valence-electron chi connectivity index (χ3n) is 1.99. The number of thiol groups is 1. The van der Waals surface area contributed by atoms with E-state index in [-0.39, 0.29) is 0 Å². The summed E-state index contributed by atoms with van der Waals surface area (Å²) in [6, 6.07) is 0. The van der Waals surface area contributed by atoms with Crippen molar-refractivity contribution in [2.75, 3.05) is 6.61 Å². The highest BCUT2D eigenvalue weighted by Crippen LogP contribution is 2.29. The van der Waals surface area contributed by atoms with Crippen LogP contribution in [0.5, 0.6) is 0 Å². The average Bonchev–Trinajstić information content (AvgIpc) is 2.09. The van der Waals surface area contributed by atoms with Gasteiger partial charge in [-0.3, -0.25) is 0 Å². The molecule has 5 N–H and O–H groups in total. The molecule has 1 rings (SSSR count). The number of aliphatic hydroxyl groups is 5. The van der Waals surface area contributed by atoms with E-state index >= 15 is 0 Å². The largest absolute Gasteiger partial charge is 0.394 e. The topological polar surface area (TPSA) is 110 Å². The molecule has 13 heavy (non-hydrogen) atoms. The molecule has 1 saturated heterocycles. The van der Waals surface area contributed by atoms with Gasteiger partial charge < -0.3 is 30.3 Å². The van der Waals surface area contributed by atoms with E-state index in [2.05, 4.69) is 12.6 Å². The van der Waals surface area contributed by atoms with Crippen molar-refractivity contribution in [1.29, 1.82) is 0 Å². The molecule has 0 bridgehead atoms. The third kappa shape index (κ3) is 1.82. The Bertz CT molecular complexity index is 186. The lowest BCUT2D eigenvalue weighted by atomic mass is 9.97. The molecular weight excluding hydrogens is 200 g/mol. The number of ether oxygens (including phenoxy) is 1. The van der Waals surface area contributed by atoms with Crippen molar-refractivity contribution in [2.45, 2.75) is 29.5 Å². The van der Waals surface area contributed by atoms with Crippen molar-refractivity contribution >= 4 is 12.6 Å². The molecule has 0 radical (unpaired) electrons. The van der Waals surface area contributed by atoms with E-state index in [9.17, 15) is 10.2 Å². The summed E-state index contributed by atoms with van der Waals surface area (Å²) in [5.74, 6) is -2.62. The van der Waals surface area contributed by atoms with Crippen molar-refractivity contribution in [3.63, 3.8) is 0 Å². The third-order valence-corrected chi connectivity index (χ3v) is 2.49. The van der Waals surface area contributed by atoms with Gasteiger partial charge in [-0.15, -0.1) is 12.6 Å². The van der Waals surface area contributed by atoms with Crippen LogP contribution in [0, 0.1) is 0 Å². The standard InChI is InChI=1S/C6H12O6S/c7-1-2-3(8)4(9)6(10,11)5(13)12-2/h2-5,7-11,13H,1H2/t2?,3?,4?,5-/m0/s1. The van der Waals surface area contributed by atoms with Gasteiger partial charge in [-0.25, -0.2) is 0 Å². The van der Waals surface area contributed by atoms with E-state index in [1.807, 2.05) is 0 Å². The Hall–Kier alpha value is 0.110. The predicted octanol–water partition coefficient (Wildman–Crippen LogP) is -2.96. The number of hydrogen-bond acceptors (Lipinski definition) is 7. The molecule has 0 aromatic heterocycles. The van der Waals surface area contributed by atoms with Crippen LogP contribution < -0.4 is 0 Å². The first-order valence-electron chi connectivity index (χ1n) is 3.66. The molecule has 7 heteroatoms. The van der Waals surface area contributed by atoms with Crippen molar-refractivity contribution in [3.05, 3.63) is 0 Å². The summed E-state index contributed by atoms with van der Waals surface area (Å²) in [6.45, 7) is -0.536. The first kappa shape index (κ1) is 11.2. The molecule has 6 nitrogen and oxygen atoms in total. The molecule has 0 aromatic carbocycles. The normalized spacial score (nSPS) is 44.8. The molecule has 78 valence electrons. The van der Waals surface area contributed by atoms with E-state index in [0.717, 1.165) is 0 Å². The SMILES string of the molecule is OCC1O[C@@H](S)C(O)(O)C(O)C1O. The van der Waals surface area contributed by atoms with Crippen LogP contribution in [0.15, 0.2) is 0 Å². The second-order valence-electron chi connectivity index (χ2n) is 2.93. The maximum Gasteiger partial charge on any atom is 0.228 e. The zero-order chi connectivity index (χ0) is 10.2. The minimum absolute atomic E-state index is 0.536. The second-order valence-corrected chi connectivity index (χ2v) is 3.40. The molecule has 0 aliphatic carbocycles. The Kier molecular flexibility index (Phi) is 3.18. The van der Waals surface area contributed by atoms with Gasteiger partial charge in [-0.2, -0.15) is 0 Å². The van der Waals surface area contributed by atoms with Gasteiger partial charge in [0, 0.05) is 0 Å². The monoisotopic (exact) mass is 212 g/mol. The lowest BCUT2D eigenvalue weighted by Crippen LogP contribution is -2.65. The summed E-state index contributed by atoms with van der Waals surface area (Å²) < 4.78 is 4.74. The number of rotatable bonds is 1. The smallest absolute Gasteiger partial charge is 0.228 e. The van der Waals surface area contributed by atoms with Gasteiger partial charge in [0.2, 0.25) is 5.79 Å². The van der Waals surface area contributed by atoms with Gasteiger partial charge in [0.25, 0.3) is 0 Å². The van der Waals surface area contributed by atoms with E-state index in [4.69, 9.17) is 20.1 Å². The van der Waals surface area contributed by atoms with Crippen LogP contribution >= 0.6 is 12.6 Å². The molecule has 0 spiro atoms. The van der Waals surface area contributed by atoms with E-state index < -0.39 is 36.1 Å². The molecule has 3 unspecified atom stereocenters. The fraction of sp³-hybridized carbons (Fsp3) is 1.00. The highest BCUT2D eigenvalue weighted by molar-refractivity contribution is 7.80. The van der Waals surface area contributed by atoms with Crippen molar-refractivity contribution < 1.29 is 30.3 Å². The molecular formula is C6H12O6S. The zero-order valence-electron chi connectivity index (χ0n) is 6.61. The van der Waals surface area contributed by atoms with E-state index in [1.165, 1.54) is 0 Å². The van der Waals surface area contributed by atoms with Crippen LogP contribution in [0.25, 0.3) is 0 Å². The average molecular weight is 212 g/mol. The first-order chi connectivity index (χ1) is 5.91. The van der Waals surface area contributed by atoms with Crippen LogP contribution in [0.4, 0.5) is 0 Å². The Morgan fingerprint density at radius 2 is 1.85 bits per heavy atom. The Morgan fingerprint density at radius 1 is 1.31 bits per heavy atom. The minimum Gasteiger partial charge on any atom is -0.394 e. The number of aliphatic hydroxyl groups excluding tert-OH is 3. The molecule has 0 amide bonds. The van der Waals surface area contributed by atoms with Gasteiger partial charge >= 0.3 is 0 Å². The molecule has 1 heterocycles. The van der Waals surface area contributed by atoms with Crippen molar-refractivity contribution in [3.8, 4) is 0 Å². The van der Waals surface area contributed by atoms with Crippen LogP contribution in [0.1, 0.15) is 0 Å². The molecule has 1 fully saturated rings. The van der Waals surface area contributed by atoms with Crippen LogP contribution in [-0.2, 0) is 4.74 Å². The highest BCUT2D eigenvalue weighted by atomic mass is 32.1. The van der Waals surface area contributed by atoms with Crippen molar-refractivity contribution in [1.82, 2.24) is 0 Å². The Balaban J connectivity index is 2.79. The lowest BCUT2D eigenvalue weighted by Gasteiger charge is -2.43. The summed E-state index contributed by atoms with van der Waals surface area (Å²) in [5, 5.41) is 45.4. The Morgan fingerprint density at radius 3 is 2.31 bits per heavy atom. The van der Waals surface area contributed by atoms with E-state index in [0.29, 0.717) is 0 Å². The summed E-state index contributed by atoms with van der Waals surface area (Å²) in [4.78, 5) is 0. The fourth-order valence-corrected chi connectivity index (χ4v) is 1.41. The van der Waals surface area contributed by atoms with Crippen LogP contribution in [0.3, 0.4) is 0 Å². The van der Waals surface area contributed by atoms with Gasteiger partial charge in [0.05, 0.1) is 6.61 Å². The van der Waals surface area contributed by atoms with Gasteiger partial charge in [-0.05, 0) is 0 Å². The molecule has 1 aliphatic rings. The Labute approximate surface area is 79.8 Å². The summed E-state index contributed by atoms with van der Waals surface area (Å²) in [7, 11) is 0. The van der Waals surface area contributed by atoms with Gasteiger partial charge in [-0.1, -0.05) is 0 Å². The fourth-order valence-electron chi connectivity index (χ4n) is 1.10. The van der Waals surface area contributed by atoms with Crippen molar-refractivity contribution in [2.24, 2.45) is 0 Å². The minimum atomic E-state index is -2.62. The second kappa shape index (κ2) is 3.70. The molecule has 0 saturated carbocycles. The quantitative estimate of drug-likeness (QED) is 0.205. The first-order valence-corrected chi connectivity index (χ1v) is 4.18. The van der Waals surface area contributed by atoms with Crippen LogP contribution in [-0.4, -0.2) is 61.7 Å². The van der Waals surface area contributed by atoms with Gasteiger partial charge in [0.1, 0.15) is 18.3 Å². The summed E-state index contributed by atoms with van der Waals surface area (Å²) in [5.41, 5.74) is -1.37. The summed E-state index contributed by atoms with van der Waals surface area (Å²) in [6.07, 6.45) is -4.44. The summed E-state index contributed by atoms with van der Waals surface area (Å²) >= 11 is 3.65. The maximum absolute atomic E-state index is 9.20. The highest BCUT2D eigenvalue weighted by Gasteiger charge is 2.52. The number of hydrogen-bond donors (Lipinski definition) is 6. The van der Waals surface area contributed by atoms with Gasteiger partial charge in [0.15, 0.2) is 5.44 Å². The predicted molar refractivity (Wildman–Crippen MR) is 43.9 cm³/mol. The molecule has 4 atom stereocenters. The lowest BCUT2D eigenvalue weighted by molar-refractivity contribution is -0.329. The maximum atomic E-state index is 9.20. The molecule has 1 aliphatic heterocycles. The zero-order valence-corrected chi connectivity index (χ0v) is 7.50. The van der Waals surface area contributed by atoms with E-state index in [1.54, 1.807) is 0 Å². The molecule has 0 aromatic rings. The van der Waals surface area contributed by atoms with Crippen LogP contribution in [0.2, 0.25) is 0 Å².